The van der Waals surface area contributed by atoms with E-state index in [0.29, 0.717) is 12.8 Å². The highest BCUT2D eigenvalue weighted by Crippen LogP contribution is 2.22. The van der Waals surface area contributed by atoms with Gasteiger partial charge >= 0.3 is 5.97 Å². The van der Waals surface area contributed by atoms with Crippen molar-refractivity contribution < 1.29 is 18.3 Å². The number of carboxylic acids is 1. The lowest BCUT2D eigenvalue weighted by molar-refractivity contribution is -0.142. The van der Waals surface area contributed by atoms with E-state index in [1.165, 1.54) is 15.7 Å². The Bertz CT molecular complexity index is 463. The minimum atomic E-state index is -3.61. The monoisotopic (exact) mass is 289 g/mol. The molecule has 0 radical (unpaired) electrons. The summed E-state index contributed by atoms with van der Waals surface area (Å²) in [6, 6.07) is 1.55. The summed E-state index contributed by atoms with van der Waals surface area (Å²) in [6.07, 6.45) is 0.783. The van der Waals surface area contributed by atoms with Crippen LogP contribution in [0.15, 0.2) is 0 Å². The van der Waals surface area contributed by atoms with Gasteiger partial charge in [0.05, 0.1) is 18.4 Å². The predicted octanol–water partition coefficient (Wildman–Crippen LogP) is 0.262. The molecule has 7 nitrogen and oxygen atoms in total. The van der Waals surface area contributed by atoms with Crippen LogP contribution in [0.5, 0.6) is 0 Å². The van der Waals surface area contributed by atoms with Gasteiger partial charge in [-0.1, -0.05) is 0 Å². The van der Waals surface area contributed by atoms with E-state index in [4.69, 9.17) is 10.4 Å². The molecule has 1 fully saturated rings. The molecule has 0 bridgehead atoms. The Morgan fingerprint density at radius 1 is 1.53 bits per heavy atom. The van der Waals surface area contributed by atoms with Gasteiger partial charge in [-0.05, 0) is 19.8 Å². The highest BCUT2D eigenvalue weighted by Gasteiger charge is 2.34. The molecule has 19 heavy (non-hydrogen) atoms. The molecule has 0 aromatic heterocycles. The number of nitrogens with zero attached hydrogens (tertiary/aromatic N) is 3. The average molecular weight is 289 g/mol. The first-order valence-electron chi connectivity index (χ1n) is 6.13. The van der Waals surface area contributed by atoms with Crippen LogP contribution in [0.3, 0.4) is 0 Å². The van der Waals surface area contributed by atoms with Crippen LogP contribution in [-0.2, 0) is 15.0 Å². The number of aliphatic carboxylic acids is 1. The van der Waals surface area contributed by atoms with Crippen molar-refractivity contribution in [3.8, 4) is 6.07 Å². The lowest BCUT2D eigenvalue weighted by Crippen LogP contribution is -2.49. The quantitative estimate of drug-likeness (QED) is 0.782. The first kappa shape index (κ1) is 15.9. The molecule has 1 saturated heterocycles. The van der Waals surface area contributed by atoms with Gasteiger partial charge in [0.2, 0.25) is 0 Å². The van der Waals surface area contributed by atoms with Crippen molar-refractivity contribution in [3.63, 3.8) is 0 Å². The molecule has 1 atom stereocenters. The second-order valence-electron chi connectivity index (χ2n) is 4.75. The lowest BCUT2D eigenvalue weighted by Gasteiger charge is -2.34. The van der Waals surface area contributed by atoms with Gasteiger partial charge in [0.1, 0.15) is 0 Å². The molecule has 1 aliphatic rings. The van der Waals surface area contributed by atoms with Crippen LogP contribution >= 0.6 is 0 Å². The van der Waals surface area contributed by atoms with Crippen molar-refractivity contribution >= 4 is 16.2 Å². The number of carboxylic acid groups (broad SMARTS) is 1. The molecule has 0 aromatic rings. The van der Waals surface area contributed by atoms with E-state index in [-0.39, 0.29) is 19.5 Å². The summed E-state index contributed by atoms with van der Waals surface area (Å²) in [5.41, 5.74) is 0. The molecule has 0 amide bonds. The third-order valence-electron chi connectivity index (χ3n) is 3.50. The molecule has 8 heteroatoms. The van der Waals surface area contributed by atoms with Gasteiger partial charge in [-0.15, -0.1) is 0 Å². The van der Waals surface area contributed by atoms with Crippen molar-refractivity contribution in [3.05, 3.63) is 0 Å². The molecule has 0 aromatic carbocycles. The Morgan fingerprint density at radius 3 is 2.47 bits per heavy atom. The number of hydrogen-bond donors (Lipinski definition) is 1. The Balaban J connectivity index is 2.70. The molecule has 1 rings (SSSR count). The standard InChI is InChI=1S/C11H19N3O4S/c1-9(3-6-12)13(2)19(17,18)14-7-4-10(5-8-14)11(15)16/h9-10H,3-5,7-8H2,1-2H3,(H,15,16). The molecule has 0 spiro atoms. The number of nitriles is 1. The summed E-state index contributed by atoms with van der Waals surface area (Å²) in [7, 11) is -2.16. The van der Waals surface area contributed by atoms with Crippen LogP contribution < -0.4 is 0 Å². The van der Waals surface area contributed by atoms with E-state index in [1.54, 1.807) is 6.92 Å². The van der Waals surface area contributed by atoms with Crippen LogP contribution in [0, 0.1) is 17.2 Å². The van der Waals surface area contributed by atoms with Gasteiger partial charge in [0.25, 0.3) is 10.2 Å². The number of hydrogen-bond acceptors (Lipinski definition) is 4. The highest BCUT2D eigenvalue weighted by molar-refractivity contribution is 7.86. The van der Waals surface area contributed by atoms with E-state index in [2.05, 4.69) is 0 Å². The van der Waals surface area contributed by atoms with Gasteiger partial charge in [0, 0.05) is 26.2 Å². The van der Waals surface area contributed by atoms with Gasteiger partial charge in [-0.2, -0.15) is 22.3 Å². The number of piperidine rings is 1. The van der Waals surface area contributed by atoms with Gasteiger partial charge in [-0.3, -0.25) is 4.79 Å². The largest absolute Gasteiger partial charge is 0.481 e. The molecule has 1 heterocycles. The van der Waals surface area contributed by atoms with Crippen LogP contribution in [-0.4, -0.2) is 54.3 Å². The summed E-state index contributed by atoms with van der Waals surface area (Å²) in [5.74, 6) is -1.34. The third-order valence-corrected chi connectivity index (χ3v) is 5.61. The van der Waals surface area contributed by atoms with E-state index in [1.807, 2.05) is 6.07 Å². The zero-order chi connectivity index (χ0) is 14.6. The second-order valence-corrected chi connectivity index (χ2v) is 6.73. The van der Waals surface area contributed by atoms with Crippen LogP contribution in [0.2, 0.25) is 0 Å². The SMILES string of the molecule is CC(CC#N)N(C)S(=O)(=O)N1CCC(C(=O)O)CC1. The van der Waals surface area contributed by atoms with Crippen molar-refractivity contribution in [1.82, 2.24) is 8.61 Å². The third kappa shape index (κ3) is 3.65. The molecule has 108 valence electrons. The average Bonchev–Trinajstić information content (AvgIpc) is 2.38. The molecular weight excluding hydrogens is 270 g/mol. The fraction of sp³-hybridized carbons (Fsp3) is 0.818. The van der Waals surface area contributed by atoms with Gasteiger partial charge in [-0.25, -0.2) is 0 Å². The predicted molar refractivity (Wildman–Crippen MR) is 68.3 cm³/mol. The van der Waals surface area contributed by atoms with Crippen molar-refractivity contribution in [2.45, 2.75) is 32.2 Å². The Labute approximate surface area is 113 Å². The first-order valence-corrected chi connectivity index (χ1v) is 7.53. The Morgan fingerprint density at radius 2 is 2.05 bits per heavy atom. The number of rotatable bonds is 5. The maximum atomic E-state index is 12.3. The van der Waals surface area contributed by atoms with Crippen LogP contribution in [0.25, 0.3) is 0 Å². The maximum absolute atomic E-state index is 12.3. The lowest BCUT2D eigenvalue weighted by atomic mass is 9.99. The molecule has 0 aliphatic carbocycles. The minimum absolute atomic E-state index is 0.126. The molecule has 1 aliphatic heterocycles. The second kappa shape index (κ2) is 6.32. The van der Waals surface area contributed by atoms with E-state index < -0.39 is 28.1 Å². The van der Waals surface area contributed by atoms with Crippen molar-refractivity contribution in [2.75, 3.05) is 20.1 Å². The summed E-state index contributed by atoms with van der Waals surface area (Å²) in [6.45, 7) is 2.09. The van der Waals surface area contributed by atoms with Gasteiger partial charge in [0.15, 0.2) is 0 Å². The Hall–Kier alpha value is -1.17. The van der Waals surface area contributed by atoms with E-state index >= 15 is 0 Å². The topological polar surface area (TPSA) is 102 Å². The fourth-order valence-corrected chi connectivity index (χ4v) is 3.57. The molecular formula is C11H19N3O4S. The van der Waals surface area contributed by atoms with Crippen LogP contribution in [0.1, 0.15) is 26.2 Å². The summed E-state index contributed by atoms with van der Waals surface area (Å²) >= 11 is 0. The molecule has 0 saturated carbocycles. The van der Waals surface area contributed by atoms with Gasteiger partial charge < -0.3 is 5.11 Å². The van der Waals surface area contributed by atoms with E-state index in [9.17, 15) is 13.2 Å². The van der Waals surface area contributed by atoms with Crippen molar-refractivity contribution in [2.24, 2.45) is 5.92 Å². The zero-order valence-electron chi connectivity index (χ0n) is 11.1. The summed E-state index contributed by atoms with van der Waals surface area (Å²) in [4.78, 5) is 10.8. The van der Waals surface area contributed by atoms with E-state index in [0.717, 1.165) is 0 Å². The highest BCUT2D eigenvalue weighted by atomic mass is 32.2. The number of carbonyl (C=O) groups is 1. The molecule has 1 unspecified atom stereocenters. The van der Waals surface area contributed by atoms with Crippen LogP contribution in [0.4, 0.5) is 0 Å². The summed E-state index contributed by atoms with van der Waals surface area (Å²) in [5, 5.41) is 17.5. The fourth-order valence-electron chi connectivity index (χ4n) is 2.00. The first-order chi connectivity index (χ1) is 8.80. The van der Waals surface area contributed by atoms with Crippen molar-refractivity contribution in [1.29, 1.82) is 5.26 Å². The zero-order valence-corrected chi connectivity index (χ0v) is 11.9. The Kier molecular flexibility index (Phi) is 5.29. The normalized spacial score (nSPS) is 20.1. The molecule has 1 N–H and O–H groups in total. The maximum Gasteiger partial charge on any atom is 0.306 e. The smallest absolute Gasteiger partial charge is 0.306 e. The minimum Gasteiger partial charge on any atom is -0.481 e. The summed E-state index contributed by atoms with van der Waals surface area (Å²) < 4.78 is 27.0.